The number of benzene rings is 1. The second-order valence-corrected chi connectivity index (χ2v) is 6.65. The van der Waals surface area contributed by atoms with Crippen LogP contribution < -0.4 is 4.80 Å². The Labute approximate surface area is 134 Å². The molecule has 1 unspecified atom stereocenters. The Bertz CT molecular complexity index is 737. The van der Waals surface area contributed by atoms with Crippen LogP contribution in [0.5, 0.6) is 0 Å². The van der Waals surface area contributed by atoms with Crippen molar-refractivity contribution < 1.29 is 4.79 Å². The zero-order valence-corrected chi connectivity index (χ0v) is 13.6. The van der Waals surface area contributed by atoms with E-state index < -0.39 is 0 Å². The lowest BCUT2D eigenvalue weighted by Gasteiger charge is -2.05. The molecule has 0 fully saturated rings. The zero-order chi connectivity index (χ0) is 15.4. The fraction of sp³-hybridized carbons (Fsp3) is 0.333. The predicted molar refractivity (Wildman–Crippen MR) is 89.6 cm³/mol. The van der Waals surface area contributed by atoms with Gasteiger partial charge in [0.05, 0.1) is 0 Å². The third-order valence-corrected chi connectivity index (χ3v) is 4.70. The smallest absolute Gasteiger partial charge is 0.248 e. The van der Waals surface area contributed by atoms with Gasteiger partial charge in [-0.05, 0) is 31.2 Å². The van der Waals surface area contributed by atoms with Crippen LogP contribution >= 0.6 is 11.3 Å². The van der Waals surface area contributed by atoms with Gasteiger partial charge < -0.3 is 4.57 Å². The highest BCUT2D eigenvalue weighted by Gasteiger charge is 2.13. The molecule has 3 nitrogen and oxygen atoms in total. The number of aryl methyl sites for hydroxylation is 1. The number of aromatic nitrogens is 1. The van der Waals surface area contributed by atoms with Crippen molar-refractivity contribution in [2.75, 3.05) is 0 Å². The first kappa shape index (κ1) is 15.0. The van der Waals surface area contributed by atoms with E-state index in [4.69, 9.17) is 0 Å². The number of hydrogen-bond donors (Lipinski definition) is 0. The number of rotatable bonds is 4. The van der Waals surface area contributed by atoms with E-state index in [9.17, 15) is 4.79 Å². The second kappa shape index (κ2) is 6.88. The Hall–Kier alpha value is -1.94. The lowest BCUT2D eigenvalue weighted by Crippen LogP contribution is -2.17. The zero-order valence-electron chi connectivity index (χ0n) is 12.7. The van der Waals surface area contributed by atoms with Gasteiger partial charge in [0.25, 0.3) is 0 Å². The number of amides is 1. The van der Waals surface area contributed by atoms with Gasteiger partial charge in [-0.15, -0.1) is 11.3 Å². The molecule has 0 saturated carbocycles. The fourth-order valence-electron chi connectivity index (χ4n) is 2.64. The minimum atomic E-state index is -0.0170. The van der Waals surface area contributed by atoms with Crippen LogP contribution in [0.25, 0.3) is 0 Å². The molecular formula is C18H20N2OS. The van der Waals surface area contributed by atoms with Gasteiger partial charge in [-0.25, -0.2) is 0 Å². The van der Waals surface area contributed by atoms with Gasteiger partial charge in [-0.1, -0.05) is 42.0 Å². The van der Waals surface area contributed by atoms with Crippen LogP contribution in [0.2, 0.25) is 0 Å². The van der Waals surface area contributed by atoms with Crippen molar-refractivity contribution >= 4 is 17.2 Å². The average Bonchev–Trinajstić information content (AvgIpc) is 3.14. The van der Waals surface area contributed by atoms with E-state index in [1.165, 1.54) is 22.5 Å². The summed E-state index contributed by atoms with van der Waals surface area (Å²) in [6, 6.07) is 8.46. The number of allylic oxidation sites excluding steroid dienone is 2. The van der Waals surface area contributed by atoms with Crippen molar-refractivity contribution in [3.8, 4) is 0 Å². The minimum Gasteiger partial charge on any atom is -0.319 e. The molecule has 3 rings (SSSR count). The molecule has 114 valence electrons. The Morgan fingerprint density at radius 2 is 2.18 bits per heavy atom. The molecule has 4 heteroatoms. The van der Waals surface area contributed by atoms with Gasteiger partial charge >= 0.3 is 0 Å². The van der Waals surface area contributed by atoms with E-state index in [0.717, 1.165) is 24.2 Å². The number of carbonyl (C=O) groups is 1. The monoisotopic (exact) mass is 312 g/mol. The molecule has 1 aliphatic carbocycles. The highest BCUT2D eigenvalue weighted by Crippen LogP contribution is 2.20. The summed E-state index contributed by atoms with van der Waals surface area (Å²) >= 11 is 1.52. The van der Waals surface area contributed by atoms with Gasteiger partial charge in [0.15, 0.2) is 4.80 Å². The molecule has 1 amide bonds. The largest absolute Gasteiger partial charge is 0.319 e. The van der Waals surface area contributed by atoms with Crippen molar-refractivity contribution in [2.24, 2.45) is 10.9 Å². The Morgan fingerprint density at radius 1 is 1.36 bits per heavy atom. The number of carbonyl (C=O) groups excluding carboxylic acids is 1. The first-order chi connectivity index (χ1) is 10.7. The summed E-state index contributed by atoms with van der Waals surface area (Å²) in [7, 11) is 0. The van der Waals surface area contributed by atoms with Crippen LogP contribution in [0.1, 0.15) is 30.4 Å². The molecule has 1 aromatic carbocycles. The Morgan fingerprint density at radius 3 is 2.91 bits per heavy atom. The van der Waals surface area contributed by atoms with Crippen LogP contribution in [-0.2, 0) is 11.3 Å². The molecule has 1 aromatic heterocycles. The normalized spacial score (nSPS) is 18.0. The van der Waals surface area contributed by atoms with Gasteiger partial charge in [0.1, 0.15) is 0 Å². The highest BCUT2D eigenvalue weighted by molar-refractivity contribution is 7.07. The standard InChI is InChI=1S/C18H20N2OS/c1-14-6-8-16(9-7-14)13-20-10-11-22-18(20)19-17(21)12-15-4-2-3-5-15/h2,4,6-11,15H,3,5,12-13H2,1H3. The average molecular weight is 312 g/mol. The minimum absolute atomic E-state index is 0.0170. The van der Waals surface area contributed by atoms with E-state index >= 15 is 0 Å². The first-order valence-electron chi connectivity index (χ1n) is 7.64. The van der Waals surface area contributed by atoms with Crippen molar-refractivity contribution in [2.45, 2.75) is 32.7 Å². The van der Waals surface area contributed by atoms with E-state index in [0.29, 0.717) is 12.3 Å². The molecule has 0 radical (unpaired) electrons. The molecule has 1 heterocycles. The molecule has 0 saturated heterocycles. The first-order valence-corrected chi connectivity index (χ1v) is 8.52. The topological polar surface area (TPSA) is 34.4 Å². The number of thiazole rings is 1. The summed E-state index contributed by atoms with van der Waals surface area (Å²) in [6.07, 6.45) is 8.98. The molecule has 0 bridgehead atoms. The summed E-state index contributed by atoms with van der Waals surface area (Å²) in [5.41, 5.74) is 2.47. The Kier molecular flexibility index (Phi) is 4.68. The summed E-state index contributed by atoms with van der Waals surface area (Å²) in [5, 5.41) is 1.98. The summed E-state index contributed by atoms with van der Waals surface area (Å²) < 4.78 is 2.04. The van der Waals surface area contributed by atoms with E-state index in [2.05, 4.69) is 48.3 Å². The summed E-state index contributed by atoms with van der Waals surface area (Å²) in [5.74, 6) is 0.360. The molecule has 0 N–H and O–H groups in total. The van der Waals surface area contributed by atoms with Gasteiger partial charge in [-0.3, -0.25) is 4.79 Å². The molecule has 0 spiro atoms. The van der Waals surface area contributed by atoms with Crippen LogP contribution in [0.15, 0.2) is 53.0 Å². The van der Waals surface area contributed by atoms with Gasteiger partial charge in [0.2, 0.25) is 5.91 Å². The maximum Gasteiger partial charge on any atom is 0.248 e. The van der Waals surface area contributed by atoms with Crippen LogP contribution in [0.4, 0.5) is 0 Å². The molecule has 2 aromatic rings. The van der Waals surface area contributed by atoms with Crippen molar-refractivity contribution in [1.29, 1.82) is 0 Å². The third kappa shape index (κ3) is 3.83. The molecule has 0 aliphatic heterocycles. The molecule has 1 aliphatic rings. The van der Waals surface area contributed by atoms with Crippen molar-refractivity contribution in [3.63, 3.8) is 0 Å². The highest BCUT2D eigenvalue weighted by atomic mass is 32.1. The maximum atomic E-state index is 12.1. The Balaban J connectivity index is 1.73. The molecular weight excluding hydrogens is 292 g/mol. The lowest BCUT2D eigenvalue weighted by molar-refractivity contribution is -0.118. The maximum absolute atomic E-state index is 12.1. The van der Waals surface area contributed by atoms with Crippen LogP contribution in [-0.4, -0.2) is 10.5 Å². The quantitative estimate of drug-likeness (QED) is 0.793. The number of nitrogens with zero attached hydrogens (tertiary/aromatic N) is 2. The molecule has 22 heavy (non-hydrogen) atoms. The van der Waals surface area contributed by atoms with E-state index in [-0.39, 0.29) is 5.91 Å². The third-order valence-electron chi connectivity index (χ3n) is 3.90. The SMILES string of the molecule is Cc1ccc(Cn2ccsc2=NC(=O)CC2C=CCC2)cc1. The molecule has 1 atom stereocenters. The second-order valence-electron chi connectivity index (χ2n) is 5.77. The predicted octanol–water partition coefficient (Wildman–Crippen LogP) is 3.69. The van der Waals surface area contributed by atoms with E-state index in [1.807, 2.05) is 16.1 Å². The summed E-state index contributed by atoms with van der Waals surface area (Å²) in [6.45, 7) is 2.83. The van der Waals surface area contributed by atoms with Gasteiger partial charge in [0, 0.05) is 24.5 Å². The van der Waals surface area contributed by atoms with Crippen LogP contribution in [0, 0.1) is 12.8 Å². The van der Waals surface area contributed by atoms with E-state index in [1.54, 1.807) is 0 Å². The fourth-order valence-corrected chi connectivity index (χ4v) is 3.38. The van der Waals surface area contributed by atoms with Crippen molar-refractivity contribution in [3.05, 3.63) is 63.9 Å². The van der Waals surface area contributed by atoms with Gasteiger partial charge in [-0.2, -0.15) is 4.99 Å². The number of hydrogen-bond acceptors (Lipinski definition) is 2. The summed E-state index contributed by atoms with van der Waals surface area (Å²) in [4.78, 5) is 17.2. The lowest BCUT2D eigenvalue weighted by atomic mass is 10.1. The van der Waals surface area contributed by atoms with Crippen LogP contribution in [0.3, 0.4) is 0 Å². The van der Waals surface area contributed by atoms with Crippen molar-refractivity contribution in [1.82, 2.24) is 4.57 Å².